The summed E-state index contributed by atoms with van der Waals surface area (Å²) in [6, 6.07) is 5.71. The zero-order valence-corrected chi connectivity index (χ0v) is 15.8. The van der Waals surface area contributed by atoms with Crippen molar-refractivity contribution in [2.24, 2.45) is 0 Å². The number of carbonyl (C=O) groups is 1. The van der Waals surface area contributed by atoms with Gasteiger partial charge in [-0.05, 0) is 37.1 Å². The van der Waals surface area contributed by atoms with E-state index in [1.165, 1.54) is 16.9 Å². The lowest BCUT2D eigenvalue weighted by Crippen LogP contribution is -2.38. The molecule has 3 rings (SSSR count). The van der Waals surface area contributed by atoms with E-state index in [2.05, 4.69) is 0 Å². The number of amides is 1. The standard InChI is InChI=1S/C18H15F5N2O3S/c1-10-2-5-15(24-29(27,28)18(21,22)23)11(8-10)9-25-7-6-12-13(19)3-4-14(20)16(12)17(25)26/h2-5,8,24H,6-7,9H2,1H3. The fourth-order valence-electron chi connectivity index (χ4n) is 3.09. The molecular formula is C18H15F5N2O3S. The number of fused-ring (bicyclic) bond motifs is 1. The van der Waals surface area contributed by atoms with Crippen LogP contribution in [0.1, 0.15) is 27.0 Å². The Kier molecular flexibility index (Phi) is 5.28. The van der Waals surface area contributed by atoms with Gasteiger partial charge in [0.1, 0.15) is 11.6 Å². The molecule has 1 aliphatic heterocycles. The molecule has 1 aliphatic rings. The summed E-state index contributed by atoms with van der Waals surface area (Å²) in [4.78, 5) is 13.8. The molecule has 1 N–H and O–H groups in total. The molecule has 29 heavy (non-hydrogen) atoms. The molecule has 0 fully saturated rings. The average Bonchev–Trinajstić information content (AvgIpc) is 2.61. The van der Waals surface area contributed by atoms with Crippen LogP contribution in [0, 0.1) is 18.6 Å². The van der Waals surface area contributed by atoms with E-state index in [0.29, 0.717) is 5.56 Å². The van der Waals surface area contributed by atoms with Gasteiger partial charge in [0.2, 0.25) is 0 Å². The largest absolute Gasteiger partial charge is 0.516 e. The van der Waals surface area contributed by atoms with Gasteiger partial charge in [-0.25, -0.2) is 8.78 Å². The Balaban J connectivity index is 1.94. The number of aryl methyl sites for hydroxylation is 1. The van der Waals surface area contributed by atoms with Crippen molar-refractivity contribution in [1.29, 1.82) is 0 Å². The monoisotopic (exact) mass is 434 g/mol. The average molecular weight is 434 g/mol. The summed E-state index contributed by atoms with van der Waals surface area (Å²) < 4.78 is 90.5. The smallest absolute Gasteiger partial charge is 0.334 e. The Hall–Kier alpha value is -2.69. The van der Waals surface area contributed by atoms with E-state index in [1.807, 2.05) is 0 Å². The second-order valence-corrected chi connectivity index (χ2v) is 8.25. The maximum atomic E-state index is 14.1. The number of benzene rings is 2. The molecule has 156 valence electrons. The number of rotatable bonds is 4. The fourth-order valence-corrected chi connectivity index (χ4v) is 3.69. The Morgan fingerprint density at radius 2 is 1.76 bits per heavy atom. The highest BCUT2D eigenvalue weighted by molar-refractivity contribution is 7.93. The first-order chi connectivity index (χ1) is 13.4. The zero-order chi connectivity index (χ0) is 21.6. The van der Waals surface area contributed by atoms with Gasteiger partial charge in [0.25, 0.3) is 5.91 Å². The fraction of sp³-hybridized carbons (Fsp3) is 0.278. The molecule has 0 saturated heterocycles. The van der Waals surface area contributed by atoms with Crippen molar-refractivity contribution in [3.63, 3.8) is 0 Å². The van der Waals surface area contributed by atoms with Gasteiger partial charge in [-0.2, -0.15) is 21.6 Å². The summed E-state index contributed by atoms with van der Waals surface area (Å²) >= 11 is 0. The molecule has 0 aromatic heterocycles. The minimum atomic E-state index is -5.66. The second-order valence-electron chi connectivity index (χ2n) is 6.57. The predicted molar refractivity (Wildman–Crippen MR) is 94.6 cm³/mol. The number of hydrogen-bond donors (Lipinski definition) is 1. The van der Waals surface area contributed by atoms with Gasteiger partial charge in [-0.1, -0.05) is 17.7 Å². The molecule has 2 aromatic rings. The molecule has 0 unspecified atom stereocenters. The van der Waals surface area contributed by atoms with Crippen LogP contribution in [0.3, 0.4) is 0 Å². The minimum absolute atomic E-state index is 0.00832. The number of alkyl halides is 3. The van der Waals surface area contributed by atoms with E-state index in [4.69, 9.17) is 0 Å². The van der Waals surface area contributed by atoms with E-state index in [-0.39, 0.29) is 36.3 Å². The van der Waals surface area contributed by atoms with Gasteiger partial charge in [-0.15, -0.1) is 0 Å². The van der Waals surface area contributed by atoms with Crippen LogP contribution < -0.4 is 4.72 Å². The molecule has 0 saturated carbocycles. The summed E-state index contributed by atoms with van der Waals surface area (Å²) in [5.74, 6) is -2.45. The third-order valence-corrected chi connectivity index (χ3v) is 5.61. The van der Waals surface area contributed by atoms with Crippen LogP contribution in [0.5, 0.6) is 0 Å². The Labute approximate surface area is 163 Å². The molecule has 1 amide bonds. The van der Waals surface area contributed by atoms with Crippen molar-refractivity contribution < 1.29 is 35.2 Å². The Morgan fingerprint density at radius 1 is 1.10 bits per heavy atom. The molecule has 5 nitrogen and oxygen atoms in total. The highest BCUT2D eigenvalue weighted by Gasteiger charge is 2.46. The van der Waals surface area contributed by atoms with E-state index in [1.54, 1.807) is 6.92 Å². The summed E-state index contributed by atoms with van der Waals surface area (Å²) in [6.45, 7) is 1.34. The molecule has 1 heterocycles. The molecular weight excluding hydrogens is 419 g/mol. The van der Waals surface area contributed by atoms with Crippen molar-refractivity contribution in [3.05, 3.63) is 64.2 Å². The van der Waals surface area contributed by atoms with Crippen LogP contribution in [0.4, 0.5) is 27.6 Å². The summed E-state index contributed by atoms with van der Waals surface area (Å²) in [6.07, 6.45) is 0.0140. The zero-order valence-electron chi connectivity index (χ0n) is 15.0. The SMILES string of the molecule is Cc1ccc(NS(=O)(=O)C(F)(F)F)c(CN2CCc3c(F)ccc(F)c3C2=O)c1. The molecule has 2 aromatic carbocycles. The first-order valence-electron chi connectivity index (χ1n) is 8.35. The summed E-state index contributed by atoms with van der Waals surface area (Å²) in [5.41, 5.74) is -5.67. The molecule has 11 heteroatoms. The molecule has 0 atom stereocenters. The third-order valence-electron chi connectivity index (χ3n) is 4.51. The van der Waals surface area contributed by atoms with Gasteiger partial charge in [0.05, 0.1) is 11.3 Å². The first-order valence-corrected chi connectivity index (χ1v) is 9.84. The number of nitrogens with one attached hydrogen (secondary N) is 1. The number of nitrogens with zero attached hydrogens (tertiary/aromatic N) is 1. The number of halogens is 5. The number of anilines is 1. The van der Waals surface area contributed by atoms with Gasteiger partial charge < -0.3 is 4.90 Å². The Bertz CT molecular complexity index is 1080. The maximum absolute atomic E-state index is 14.1. The first kappa shape index (κ1) is 21.0. The number of sulfonamides is 1. The maximum Gasteiger partial charge on any atom is 0.516 e. The number of hydrogen-bond acceptors (Lipinski definition) is 3. The van der Waals surface area contributed by atoms with E-state index < -0.39 is 38.6 Å². The minimum Gasteiger partial charge on any atom is -0.334 e. The van der Waals surface area contributed by atoms with Gasteiger partial charge in [0.15, 0.2) is 0 Å². The lowest BCUT2D eigenvalue weighted by molar-refractivity contribution is -0.0429. The predicted octanol–water partition coefficient (Wildman–Crippen LogP) is 3.73. The van der Waals surface area contributed by atoms with Crippen LogP contribution in [-0.4, -0.2) is 31.3 Å². The highest BCUT2D eigenvalue weighted by Crippen LogP contribution is 2.30. The molecule has 0 bridgehead atoms. The van der Waals surface area contributed by atoms with E-state index in [9.17, 15) is 35.2 Å². The van der Waals surface area contributed by atoms with Crippen molar-refractivity contribution >= 4 is 21.6 Å². The highest BCUT2D eigenvalue weighted by atomic mass is 32.2. The van der Waals surface area contributed by atoms with Crippen molar-refractivity contribution in [3.8, 4) is 0 Å². The van der Waals surface area contributed by atoms with Crippen LogP contribution in [-0.2, 0) is 23.0 Å². The third kappa shape index (κ3) is 4.04. The van der Waals surface area contributed by atoms with E-state index in [0.717, 1.165) is 23.1 Å². The van der Waals surface area contributed by atoms with Gasteiger partial charge in [0, 0.05) is 18.7 Å². The van der Waals surface area contributed by atoms with Crippen LogP contribution in [0.25, 0.3) is 0 Å². The van der Waals surface area contributed by atoms with Crippen molar-refractivity contribution in [1.82, 2.24) is 4.90 Å². The lowest BCUT2D eigenvalue weighted by Gasteiger charge is -2.30. The van der Waals surface area contributed by atoms with Crippen molar-refractivity contribution in [2.45, 2.75) is 25.4 Å². The van der Waals surface area contributed by atoms with Gasteiger partial charge in [-0.3, -0.25) is 9.52 Å². The topological polar surface area (TPSA) is 66.5 Å². The summed E-state index contributed by atoms with van der Waals surface area (Å²) in [7, 11) is -5.66. The van der Waals surface area contributed by atoms with Crippen LogP contribution in [0.15, 0.2) is 30.3 Å². The van der Waals surface area contributed by atoms with Gasteiger partial charge >= 0.3 is 15.5 Å². The quantitative estimate of drug-likeness (QED) is 0.746. The normalized spacial score (nSPS) is 14.7. The lowest BCUT2D eigenvalue weighted by atomic mass is 9.97. The number of carbonyl (C=O) groups excluding carboxylic acids is 1. The Morgan fingerprint density at radius 3 is 2.41 bits per heavy atom. The van der Waals surface area contributed by atoms with Crippen LogP contribution in [0.2, 0.25) is 0 Å². The van der Waals surface area contributed by atoms with E-state index >= 15 is 0 Å². The molecule has 0 aliphatic carbocycles. The second kappa shape index (κ2) is 7.29. The summed E-state index contributed by atoms with van der Waals surface area (Å²) in [5, 5.41) is 0. The van der Waals surface area contributed by atoms with Crippen molar-refractivity contribution in [2.75, 3.05) is 11.3 Å². The molecule has 0 spiro atoms. The molecule has 0 radical (unpaired) electrons. The van der Waals surface area contributed by atoms with Crippen LogP contribution >= 0.6 is 0 Å².